The zero-order valence-electron chi connectivity index (χ0n) is 8.60. The van der Waals surface area contributed by atoms with Crippen molar-refractivity contribution in [2.45, 2.75) is 0 Å². The molecule has 1 aromatic rings. The van der Waals surface area contributed by atoms with Gasteiger partial charge in [0.1, 0.15) is 5.56 Å². The SMILES string of the molecule is COC(=O)COc1c(N)cccc1C(=O)O. The first kappa shape index (κ1) is 11.8. The predicted octanol–water partition coefficient (Wildman–Crippen LogP) is 0.519. The minimum Gasteiger partial charge on any atom is -0.479 e. The Hall–Kier alpha value is -2.24. The number of aromatic carboxylic acids is 1. The van der Waals surface area contributed by atoms with Crippen LogP contribution in [0.25, 0.3) is 0 Å². The number of anilines is 1. The van der Waals surface area contributed by atoms with Gasteiger partial charge in [0, 0.05) is 0 Å². The Morgan fingerprint density at radius 1 is 1.44 bits per heavy atom. The molecule has 0 saturated carbocycles. The number of hydrogen-bond acceptors (Lipinski definition) is 5. The molecule has 0 aliphatic heterocycles. The van der Waals surface area contributed by atoms with Crippen molar-refractivity contribution in [1.29, 1.82) is 0 Å². The molecule has 16 heavy (non-hydrogen) atoms. The smallest absolute Gasteiger partial charge is 0.343 e. The monoisotopic (exact) mass is 225 g/mol. The van der Waals surface area contributed by atoms with Crippen LogP contribution in [-0.4, -0.2) is 30.8 Å². The summed E-state index contributed by atoms with van der Waals surface area (Å²) in [6.45, 7) is -0.384. The molecule has 0 aliphatic carbocycles. The highest BCUT2D eigenvalue weighted by Gasteiger charge is 2.15. The molecule has 1 aromatic carbocycles. The Bertz CT molecular complexity index is 416. The van der Waals surface area contributed by atoms with Crippen molar-refractivity contribution >= 4 is 17.6 Å². The summed E-state index contributed by atoms with van der Waals surface area (Å²) in [5.74, 6) is -1.81. The van der Waals surface area contributed by atoms with E-state index in [1.54, 1.807) is 0 Å². The molecule has 0 atom stereocenters. The van der Waals surface area contributed by atoms with E-state index in [0.29, 0.717) is 0 Å². The number of carboxylic acids is 1. The highest BCUT2D eigenvalue weighted by molar-refractivity contribution is 5.93. The highest BCUT2D eigenvalue weighted by atomic mass is 16.6. The number of nitrogens with two attached hydrogens (primary N) is 1. The maximum atomic E-state index is 10.8. The number of ether oxygens (including phenoxy) is 2. The van der Waals surface area contributed by atoms with Crippen LogP contribution in [0.1, 0.15) is 10.4 Å². The summed E-state index contributed by atoms with van der Waals surface area (Å²) in [5, 5.41) is 8.86. The third kappa shape index (κ3) is 2.63. The molecule has 3 N–H and O–H groups in total. The molecule has 0 unspecified atom stereocenters. The van der Waals surface area contributed by atoms with E-state index in [4.69, 9.17) is 15.6 Å². The standard InChI is InChI=1S/C10H11NO5/c1-15-8(12)5-16-9-6(10(13)14)3-2-4-7(9)11/h2-4H,5,11H2,1H3,(H,13,14). The van der Waals surface area contributed by atoms with Crippen LogP contribution in [0.15, 0.2) is 18.2 Å². The third-order valence-electron chi connectivity index (χ3n) is 1.84. The minimum absolute atomic E-state index is 0.0274. The molecule has 6 nitrogen and oxygen atoms in total. The summed E-state index contributed by atoms with van der Waals surface area (Å²) < 4.78 is 9.36. The minimum atomic E-state index is -1.17. The number of rotatable bonds is 4. The van der Waals surface area contributed by atoms with Gasteiger partial charge in [-0.3, -0.25) is 0 Å². The molecule has 0 fully saturated rings. The molecular weight excluding hydrogens is 214 g/mol. The number of para-hydroxylation sites is 1. The quantitative estimate of drug-likeness (QED) is 0.572. The van der Waals surface area contributed by atoms with Crippen LogP contribution < -0.4 is 10.5 Å². The lowest BCUT2D eigenvalue weighted by Gasteiger charge is -2.10. The van der Waals surface area contributed by atoms with Crippen LogP contribution in [0.3, 0.4) is 0 Å². The number of carbonyl (C=O) groups is 2. The summed E-state index contributed by atoms with van der Waals surface area (Å²) in [6.07, 6.45) is 0. The van der Waals surface area contributed by atoms with Gasteiger partial charge < -0.3 is 20.3 Å². The van der Waals surface area contributed by atoms with E-state index in [2.05, 4.69) is 4.74 Å². The lowest BCUT2D eigenvalue weighted by molar-refractivity contribution is -0.142. The Balaban J connectivity index is 2.93. The summed E-state index contributed by atoms with van der Waals surface area (Å²) in [4.78, 5) is 21.7. The molecule has 0 aromatic heterocycles. The van der Waals surface area contributed by atoms with Crippen LogP contribution in [0.4, 0.5) is 5.69 Å². The molecular formula is C10H11NO5. The van der Waals surface area contributed by atoms with Gasteiger partial charge in [-0.25, -0.2) is 9.59 Å². The molecule has 0 bridgehead atoms. The van der Waals surface area contributed by atoms with Gasteiger partial charge in [0.05, 0.1) is 12.8 Å². The van der Waals surface area contributed by atoms with Gasteiger partial charge >= 0.3 is 11.9 Å². The van der Waals surface area contributed by atoms with Crippen molar-refractivity contribution in [2.75, 3.05) is 19.5 Å². The molecule has 0 heterocycles. The van der Waals surface area contributed by atoms with Gasteiger partial charge in [-0.15, -0.1) is 0 Å². The third-order valence-corrected chi connectivity index (χ3v) is 1.84. The molecule has 1 rings (SSSR count). The van der Waals surface area contributed by atoms with Gasteiger partial charge in [-0.2, -0.15) is 0 Å². The molecule has 0 amide bonds. The second-order valence-electron chi connectivity index (χ2n) is 2.89. The zero-order valence-corrected chi connectivity index (χ0v) is 8.60. The summed E-state index contributed by atoms with van der Waals surface area (Å²) >= 11 is 0. The van der Waals surface area contributed by atoms with Gasteiger partial charge in [0.25, 0.3) is 0 Å². The number of carbonyl (C=O) groups excluding carboxylic acids is 1. The normalized spacial score (nSPS) is 9.56. The summed E-state index contributed by atoms with van der Waals surface area (Å²) in [5.41, 5.74) is 5.61. The van der Waals surface area contributed by atoms with Crippen LogP contribution in [0.2, 0.25) is 0 Å². The van der Waals surface area contributed by atoms with E-state index in [0.717, 1.165) is 0 Å². The Morgan fingerprint density at radius 2 is 2.12 bits per heavy atom. The van der Waals surface area contributed by atoms with E-state index in [1.807, 2.05) is 0 Å². The first-order chi connectivity index (χ1) is 7.56. The summed E-state index contributed by atoms with van der Waals surface area (Å²) in [7, 11) is 1.21. The predicted molar refractivity (Wildman–Crippen MR) is 55.3 cm³/mol. The number of benzene rings is 1. The van der Waals surface area contributed by atoms with Crippen molar-refractivity contribution in [3.63, 3.8) is 0 Å². The van der Waals surface area contributed by atoms with Gasteiger partial charge in [-0.1, -0.05) is 6.07 Å². The first-order valence-corrected chi connectivity index (χ1v) is 4.37. The van der Waals surface area contributed by atoms with Crippen molar-refractivity contribution in [2.24, 2.45) is 0 Å². The van der Waals surface area contributed by atoms with Gasteiger partial charge in [-0.05, 0) is 12.1 Å². The van der Waals surface area contributed by atoms with E-state index in [9.17, 15) is 9.59 Å². The Kier molecular flexibility index (Phi) is 3.71. The zero-order chi connectivity index (χ0) is 12.1. The van der Waals surface area contributed by atoms with Crippen LogP contribution in [-0.2, 0) is 9.53 Å². The Labute approximate surface area is 91.6 Å². The molecule has 0 spiro atoms. The van der Waals surface area contributed by atoms with E-state index in [1.165, 1.54) is 25.3 Å². The number of methoxy groups -OCH3 is 1. The Morgan fingerprint density at radius 3 is 2.69 bits per heavy atom. The fraction of sp³-hybridized carbons (Fsp3) is 0.200. The molecule has 0 saturated heterocycles. The maximum absolute atomic E-state index is 10.8. The second-order valence-corrected chi connectivity index (χ2v) is 2.89. The van der Waals surface area contributed by atoms with E-state index in [-0.39, 0.29) is 23.6 Å². The lowest BCUT2D eigenvalue weighted by Crippen LogP contribution is -2.15. The number of esters is 1. The fourth-order valence-electron chi connectivity index (χ4n) is 1.07. The van der Waals surface area contributed by atoms with E-state index < -0.39 is 11.9 Å². The molecule has 86 valence electrons. The number of nitrogen functional groups attached to an aromatic ring is 1. The maximum Gasteiger partial charge on any atom is 0.343 e. The largest absolute Gasteiger partial charge is 0.479 e. The first-order valence-electron chi connectivity index (χ1n) is 4.37. The van der Waals surface area contributed by atoms with Gasteiger partial charge in [0.2, 0.25) is 0 Å². The lowest BCUT2D eigenvalue weighted by atomic mass is 10.2. The highest BCUT2D eigenvalue weighted by Crippen LogP contribution is 2.26. The van der Waals surface area contributed by atoms with Crippen molar-refractivity contribution in [1.82, 2.24) is 0 Å². The van der Waals surface area contributed by atoms with E-state index >= 15 is 0 Å². The second kappa shape index (κ2) is 5.01. The van der Waals surface area contributed by atoms with Crippen LogP contribution in [0, 0.1) is 0 Å². The van der Waals surface area contributed by atoms with Crippen LogP contribution >= 0.6 is 0 Å². The average molecular weight is 225 g/mol. The number of hydrogen-bond donors (Lipinski definition) is 2. The molecule has 0 radical (unpaired) electrons. The molecule has 6 heteroatoms. The van der Waals surface area contributed by atoms with Crippen LogP contribution in [0.5, 0.6) is 5.75 Å². The van der Waals surface area contributed by atoms with Crippen molar-refractivity contribution in [3.8, 4) is 5.75 Å². The molecule has 0 aliphatic rings. The topological polar surface area (TPSA) is 98.9 Å². The fourth-order valence-corrected chi connectivity index (χ4v) is 1.07. The summed E-state index contributed by atoms with van der Waals surface area (Å²) in [6, 6.07) is 4.31. The van der Waals surface area contributed by atoms with Gasteiger partial charge in [0.15, 0.2) is 12.4 Å². The van der Waals surface area contributed by atoms with Crippen molar-refractivity contribution in [3.05, 3.63) is 23.8 Å². The van der Waals surface area contributed by atoms with Crippen molar-refractivity contribution < 1.29 is 24.2 Å². The average Bonchev–Trinajstić information content (AvgIpc) is 2.26. The number of carboxylic acid groups (broad SMARTS) is 1.